The van der Waals surface area contributed by atoms with Gasteiger partial charge in [0, 0.05) is 18.8 Å². The summed E-state index contributed by atoms with van der Waals surface area (Å²) in [4.78, 5) is 4.01. The van der Waals surface area contributed by atoms with Crippen molar-refractivity contribution in [2.75, 3.05) is 0 Å². The SMILES string of the molecule is [c]1ccc(Cc2cccnc2)o1. The molecule has 0 unspecified atom stereocenters. The van der Waals surface area contributed by atoms with Crippen LogP contribution in [0.2, 0.25) is 0 Å². The molecule has 0 aromatic carbocycles. The first-order valence-electron chi connectivity index (χ1n) is 3.79. The average molecular weight is 158 g/mol. The normalized spacial score (nSPS) is 10.0. The number of aromatic nitrogens is 1. The highest BCUT2D eigenvalue weighted by Crippen LogP contribution is 2.07. The van der Waals surface area contributed by atoms with E-state index in [0.717, 1.165) is 17.7 Å². The third kappa shape index (κ3) is 1.53. The van der Waals surface area contributed by atoms with Crippen LogP contribution in [-0.2, 0) is 6.42 Å². The van der Waals surface area contributed by atoms with Crippen LogP contribution in [0, 0.1) is 6.26 Å². The molecule has 2 heteroatoms. The third-order valence-electron chi connectivity index (χ3n) is 1.63. The van der Waals surface area contributed by atoms with Crippen LogP contribution in [0.3, 0.4) is 0 Å². The topological polar surface area (TPSA) is 26.0 Å². The Morgan fingerprint density at radius 2 is 2.42 bits per heavy atom. The standard InChI is InChI=1S/C10H8NO/c1-3-9(8-11-5-1)7-10-4-2-6-12-10/h1-5,8H,7H2. The molecule has 2 rings (SSSR count). The molecule has 0 N–H and O–H groups in total. The largest absolute Gasteiger partial charge is 0.457 e. The van der Waals surface area contributed by atoms with Gasteiger partial charge >= 0.3 is 0 Å². The molecule has 1 radical (unpaired) electrons. The van der Waals surface area contributed by atoms with Crippen molar-refractivity contribution < 1.29 is 4.42 Å². The summed E-state index contributed by atoms with van der Waals surface area (Å²) in [6, 6.07) is 7.62. The summed E-state index contributed by atoms with van der Waals surface area (Å²) >= 11 is 0. The van der Waals surface area contributed by atoms with Crippen molar-refractivity contribution >= 4 is 0 Å². The van der Waals surface area contributed by atoms with Gasteiger partial charge in [0.05, 0.1) is 0 Å². The molecule has 0 aliphatic heterocycles. The van der Waals surface area contributed by atoms with Gasteiger partial charge in [-0.2, -0.15) is 0 Å². The predicted octanol–water partition coefficient (Wildman–Crippen LogP) is 2.07. The van der Waals surface area contributed by atoms with E-state index in [2.05, 4.69) is 11.2 Å². The van der Waals surface area contributed by atoms with Crippen LogP contribution in [0.1, 0.15) is 11.3 Å². The maximum atomic E-state index is 5.08. The number of furan rings is 1. The molecule has 2 heterocycles. The van der Waals surface area contributed by atoms with Crippen LogP contribution >= 0.6 is 0 Å². The highest BCUT2D eigenvalue weighted by Gasteiger charge is 1.97. The van der Waals surface area contributed by atoms with Crippen molar-refractivity contribution in [3.05, 3.63) is 54.2 Å². The summed E-state index contributed by atoms with van der Waals surface area (Å²) in [6.07, 6.45) is 7.04. The first-order chi connectivity index (χ1) is 5.95. The molecule has 0 saturated heterocycles. The van der Waals surface area contributed by atoms with E-state index in [1.54, 1.807) is 12.3 Å². The molecule has 0 fully saturated rings. The summed E-state index contributed by atoms with van der Waals surface area (Å²) in [7, 11) is 0. The molecule has 59 valence electrons. The first-order valence-corrected chi connectivity index (χ1v) is 3.79. The zero-order valence-electron chi connectivity index (χ0n) is 6.53. The van der Waals surface area contributed by atoms with Crippen LogP contribution in [0.15, 0.2) is 41.1 Å². The Hall–Kier alpha value is -1.57. The zero-order chi connectivity index (χ0) is 8.23. The molecule has 0 spiro atoms. The fraction of sp³-hybridized carbons (Fsp3) is 0.100. The molecular formula is C10H8NO. The number of hydrogen-bond donors (Lipinski definition) is 0. The van der Waals surface area contributed by atoms with Gasteiger partial charge in [-0.1, -0.05) is 6.07 Å². The third-order valence-corrected chi connectivity index (χ3v) is 1.63. The Labute approximate surface area is 70.9 Å². The van der Waals surface area contributed by atoms with Crippen LogP contribution in [-0.4, -0.2) is 4.98 Å². The van der Waals surface area contributed by atoms with Crippen LogP contribution in [0.25, 0.3) is 0 Å². The predicted molar refractivity (Wildman–Crippen MR) is 44.6 cm³/mol. The van der Waals surface area contributed by atoms with Gasteiger partial charge in [0.1, 0.15) is 5.76 Å². The Kier molecular flexibility index (Phi) is 1.90. The zero-order valence-corrected chi connectivity index (χ0v) is 6.53. The van der Waals surface area contributed by atoms with Crippen molar-refractivity contribution in [3.8, 4) is 0 Å². The summed E-state index contributed by atoms with van der Waals surface area (Å²) in [5.41, 5.74) is 1.15. The van der Waals surface area contributed by atoms with E-state index in [4.69, 9.17) is 4.42 Å². The fourth-order valence-corrected chi connectivity index (χ4v) is 1.07. The lowest BCUT2D eigenvalue weighted by atomic mass is 10.2. The van der Waals surface area contributed by atoms with Gasteiger partial charge in [0.2, 0.25) is 0 Å². The van der Waals surface area contributed by atoms with Crippen molar-refractivity contribution in [1.29, 1.82) is 0 Å². The van der Waals surface area contributed by atoms with Crippen molar-refractivity contribution in [2.45, 2.75) is 6.42 Å². The minimum Gasteiger partial charge on any atom is -0.457 e. The second-order valence-corrected chi connectivity index (χ2v) is 2.56. The molecule has 2 aromatic rings. The minimum absolute atomic E-state index is 0.789. The Morgan fingerprint density at radius 1 is 1.42 bits per heavy atom. The number of pyridine rings is 1. The number of rotatable bonds is 2. The lowest BCUT2D eigenvalue weighted by molar-refractivity contribution is 0.513. The number of nitrogens with zero attached hydrogens (tertiary/aromatic N) is 1. The first kappa shape index (κ1) is 7.10. The van der Waals surface area contributed by atoms with E-state index in [1.807, 2.05) is 24.4 Å². The average Bonchev–Trinajstić information content (AvgIpc) is 2.59. The quantitative estimate of drug-likeness (QED) is 0.668. The molecule has 0 saturated carbocycles. The molecule has 2 aromatic heterocycles. The number of hydrogen-bond acceptors (Lipinski definition) is 2. The second kappa shape index (κ2) is 3.22. The van der Waals surface area contributed by atoms with E-state index < -0.39 is 0 Å². The van der Waals surface area contributed by atoms with Gasteiger partial charge in [-0.3, -0.25) is 4.98 Å². The van der Waals surface area contributed by atoms with Gasteiger partial charge in [0.25, 0.3) is 0 Å². The summed E-state index contributed by atoms with van der Waals surface area (Å²) in [5, 5.41) is 0. The Bertz CT molecular complexity index is 326. The van der Waals surface area contributed by atoms with Gasteiger partial charge < -0.3 is 4.42 Å². The summed E-state index contributed by atoms with van der Waals surface area (Å²) in [6.45, 7) is 0. The lowest BCUT2D eigenvalue weighted by Crippen LogP contribution is -1.85. The fourth-order valence-electron chi connectivity index (χ4n) is 1.07. The van der Waals surface area contributed by atoms with Crippen LogP contribution in [0.4, 0.5) is 0 Å². The van der Waals surface area contributed by atoms with E-state index in [1.165, 1.54) is 0 Å². The maximum absolute atomic E-state index is 5.08. The molecule has 0 bridgehead atoms. The molecule has 0 aliphatic carbocycles. The summed E-state index contributed by atoms with van der Waals surface area (Å²) < 4.78 is 5.08. The monoisotopic (exact) mass is 158 g/mol. The van der Waals surface area contributed by atoms with Gasteiger partial charge in [-0.05, 0) is 23.8 Å². The van der Waals surface area contributed by atoms with E-state index in [0.29, 0.717) is 0 Å². The van der Waals surface area contributed by atoms with Gasteiger partial charge in [-0.25, -0.2) is 0 Å². The Morgan fingerprint density at radius 3 is 3.08 bits per heavy atom. The van der Waals surface area contributed by atoms with Gasteiger partial charge in [0.15, 0.2) is 6.26 Å². The van der Waals surface area contributed by atoms with E-state index in [9.17, 15) is 0 Å². The van der Waals surface area contributed by atoms with Crippen molar-refractivity contribution in [3.63, 3.8) is 0 Å². The molecule has 0 amide bonds. The van der Waals surface area contributed by atoms with Crippen LogP contribution in [0.5, 0.6) is 0 Å². The molecule has 0 atom stereocenters. The molecule has 12 heavy (non-hydrogen) atoms. The minimum atomic E-state index is 0.789. The summed E-state index contributed by atoms with van der Waals surface area (Å²) in [5.74, 6) is 0.919. The lowest BCUT2D eigenvalue weighted by Gasteiger charge is -1.94. The van der Waals surface area contributed by atoms with Crippen molar-refractivity contribution in [1.82, 2.24) is 4.98 Å². The van der Waals surface area contributed by atoms with Gasteiger partial charge in [-0.15, -0.1) is 0 Å². The highest BCUT2D eigenvalue weighted by atomic mass is 16.3. The maximum Gasteiger partial charge on any atom is 0.169 e. The van der Waals surface area contributed by atoms with E-state index in [-0.39, 0.29) is 0 Å². The van der Waals surface area contributed by atoms with E-state index >= 15 is 0 Å². The Balaban J connectivity index is 2.15. The molecule has 2 nitrogen and oxygen atoms in total. The highest BCUT2D eigenvalue weighted by molar-refractivity contribution is 5.15. The van der Waals surface area contributed by atoms with Crippen LogP contribution < -0.4 is 0 Å². The second-order valence-electron chi connectivity index (χ2n) is 2.56. The smallest absolute Gasteiger partial charge is 0.169 e. The van der Waals surface area contributed by atoms with Crippen molar-refractivity contribution in [2.24, 2.45) is 0 Å². The molecule has 0 aliphatic rings. The molecular weight excluding hydrogens is 150 g/mol.